The minimum atomic E-state index is 0.149. The first-order chi connectivity index (χ1) is 7.69. The maximum Gasteiger partial charge on any atom is 0.226 e. The van der Waals surface area contributed by atoms with Gasteiger partial charge in [-0.25, -0.2) is 0 Å². The van der Waals surface area contributed by atoms with Crippen LogP contribution in [0.2, 0.25) is 0 Å². The Labute approximate surface area is 99.6 Å². The molecule has 1 unspecified atom stereocenters. The molecule has 0 bridgehead atoms. The van der Waals surface area contributed by atoms with Gasteiger partial charge in [-0.2, -0.15) is 0 Å². The van der Waals surface area contributed by atoms with Crippen molar-refractivity contribution in [2.45, 2.75) is 39.0 Å². The first kappa shape index (κ1) is 13.5. The van der Waals surface area contributed by atoms with Crippen LogP contribution in [0.5, 0.6) is 0 Å². The van der Waals surface area contributed by atoms with Crippen LogP contribution in [0.15, 0.2) is 0 Å². The van der Waals surface area contributed by atoms with Gasteiger partial charge in [-0.1, -0.05) is 26.2 Å². The molecule has 1 fully saturated rings. The highest BCUT2D eigenvalue weighted by molar-refractivity contribution is 5.78. The Kier molecular flexibility index (Phi) is 5.81. The molecule has 0 aromatic rings. The van der Waals surface area contributed by atoms with Crippen molar-refractivity contribution in [1.29, 1.82) is 0 Å². The third kappa shape index (κ3) is 3.78. The number of carbonyl (C=O) groups is 1. The van der Waals surface area contributed by atoms with E-state index < -0.39 is 0 Å². The molecule has 1 aliphatic carbocycles. The highest BCUT2D eigenvalue weighted by Crippen LogP contribution is 2.29. The molecule has 0 saturated heterocycles. The first-order valence-corrected chi connectivity index (χ1v) is 6.58. The number of amides is 1. The average molecular weight is 226 g/mol. The number of nitrogens with zero attached hydrogens (tertiary/aromatic N) is 1. The van der Waals surface area contributed by atoms with Crippen LogP contribution in [0.4, 0.5) is 0 Å². The van der Waals surface area contributed by atoms with Gasteiger partial charge in [-0.15, -0.1) is 0 Å². The Morgan fingerprint density at radius 1 is 1.50 bits per heavy atom. The van der Waals surface area contributed by atoms with Gasteiger partial charge in [0.2, 0.25) is 5.91 Å². The van der Waals surface area contributed by atoms with Gasteiger partial charge < -0.3 is 10.2 Å². The molecule has 0 heterocycles. The summed E-state index contributed by atoms with van der Waals surface area (Å²) < 4.78 is 0. The third-order valence-electron chi connectivity index (χ3n) is 3.77. The lowest BCUT2D eigenvalue weighted by atomic mass is 9.83. The summed E-state index contributed by atoms with van der Waals surface area (Å²) in [4.78, 5) is 14.0. The second-order valence-corrected chi connectivity index (χ2v) is 5.01. The molecule has 94 valence electrons. The van der Waals surface area contributed by atoms with E-state index in [0.29, 0.717) is 5.91 Å². The monoisotopic (exact) mass is 226 g/mol. The number of rotatable bonds is 7. The zero-order chi connectivity index (χ0) is 12.0. The van der Waals surface area contributed by atoms with E-state index in [-0.39, 0.29) is 5.92 Å². The summed E-state index contributed by atoms with van der Waals surface area (Å²) in [6.45, 7) is 3.81. The topological polar surface area (TPSA) is 32.3 Å². The minimum absolute atomic E-state index is 0.149. The Morgan fingerprint density at radius 3 is 2.62 bits per heavy atom. The van der Waals surface area contributed by atoms with Crippen molar-refractivity contribution in [1.82, 2.24) is 10.2 Å². The van der Waals surface area contributed by atoms with E-state index in [1.807, 2.05) is 19.0 Å². The largest absolute Gasteiger partial charge is 0.345 e. The van der Waals surface area contributed by atoms with Crippen LogP contribution >= 0.6 is 0 Å². The standard InChI is InChI=1S/C13H26N2O/c1-4-12(10-14-2)13(16)15(3)9-8-11-6-5-7-11/h11-12,14H,4-10H2,1-3H3. The lowest BCUT2D eigenvalue weighted by Crippen LogP contribution is -2.38. The maximum absolute atomic E-state index is 12.1. The Morgan fingerprint density at radius 2 is 2.19 bits per heavy atom. The molecule has 3 nitrogen and oxygen atoms in total. The van der Waals surface area contributed by atoms with Crippen LogP contribution in [-0.4, -0.2) is 38.0 Å². The van der Waals surface area contributed by atoms with Gasteiger partial charge in [0.05, 0.1) is 5.92 Å². The molecule has 1 aliphatic rings. The first-order valence-electron chi connectivity index (χ1n) is 6.58. The van der Waals surface area contributed by atoms with E-state index in [1.54, 1.807) is 0 Å². The predicted molar refractivity (Wildman–Crippen MR) is 67.3 cm³/mol. The SMILES string of the molecule is CCC(CNC)C(=O)N(C)CCC1CCC1. The van der Waals surface area contributed by atoms with Crippen LogP contribution in [0.1, 0.15) is 39.0 Å². The van der Waals surface area contributed by atoms with E-state index in [4.69, 9.17) is 0 Å². The Balaban J connectivity index is 2.26. The van der Waals surface area contributed by atoms with Crippen molar-refractivity contribution in [2.24, 2.45) is 11.8 Å². The highest BCUT2D eigenvalue weighted by atomic mass is 16.2. The third-order valence-corrected chi connectivity index (χ3v) is 3.77. The summed E-state index contributed by atoms with van der Waals surface area (Å²) >= 11 is 0. The molecule has 1 saturated carbocycles. The molecular weight excluding hydrogens is 200 g/mol. The predicted octanol–water partition coefficient (Wildman–Crippen LogP) is 1.88. The number of nitrogens with one attached hydrogen (secondary N) is 1. The van der Waals surface area contributed by atoms with Crippen molar-refractivity contribution >= 4 is 5.91 Å². The molecule has 16 heavy (non-hydrogen) atoms. The maximum atomic E-state index is 12.1. The molecule has 0 radical (unpaired) electrons. The summed E-state index contributed by atoms with van der Waals surface area (Å²) in [5.41, 5.74) is 0. The molecule has 1 atom stereocenters. The fourth-order valence-corrected chi connectivity index (χ4v) is 2.23. The quantitative estimate of drug-likeness (QED) is 0.719. The molecule has 1 amide bonds. The molecule has 0 spiro atoms. The molecule has 1 rings (SSSR count). The van der Waals surface area contributed by atoms with E-state index in [0.717, 1.165) is 25.4 Å². The van der Waals surface area contributed by atoms with Crippen LogP contribution in [-0.2, 0) is 4.79 Å². The van der Waals surface area contributed by atoms with Crippen LogP contribution in [0.25, 0.3) is 0 Å². The number of carbonyl (C=O) groups excluding carboxylic acids is 1. The van der Waals surface area contributed by atoms with Crippen LogP contribution in [0, 0.1) is 11.8 Å². The van der Waals surface area contributed by atoms with Gasteiger partial charge in [0.25, 0.3) is 0 Å². The van der Waals surface area contributed by atoms with E-state index in [1.165, 1.54) is 25.7 Å². The minimum Gasteiger partial charge on any atom is -0.345 e. The number of hydrogen-bond donors (Lipinski definition) is 1. The summed E-state index contributed by atoms with van der Waals surface area (Å²) in [7, 11) is 3.85. The highest BCUT2D eigenvalue weighted by Gasteiger charge is 2.22. The Hall–Kier alpha value is -0.570. The summed E-state index contributed by atoms with van der Waals surface area (Å²) in [6, 6.07) is 0. The van der Waals surface area contributed by atoms with Gasteiger partial charge in [-0.3, -0.25) is 4.79 Å². The lowest BCUT2D eigenvalue weighted by Gasteiger charge is -2.29. The van der Waals surface area contributed by atoms with Gasteiger partial charge in [-0.05, 0) is 25.8 Å². The second-order valence-electron chi connectivity index (χ2n) is 5.01. The average Bonchev–Trinajstić information content (AvgIpc) is 2.22. The van der Waals surface area contributed by atoms with Crippen molar-refractivity contribution in [3.8, 4) is 0 Å². The van der Waals surface area contributed by atoms with E-state index >= 15 is 0 Å². The molecule has 0 aliphatic heterocycles. The van der Waals surface area contributed by atoms with Gasteiger partial charge in [0.15, 0.2) is 0 Å². The zero-order valence-corrected chi connectivity index (χ0v) is 11.0. The fourth-order valence-electron chi connectivity index (χ4n) is 2.23. The lowest BCUT2D eigenvalue weighted by molar-refractivity contribution is -0.134. The molecule has 0 aromatic heterocycles. The van der Waals surface area contributed by atoms with Crippen molar-refractivity contribution in [3.63, 3.8) is 0 Å². The van der Waals surface area contributed by atoms with Crippen LogP contribution in [0.3, 0.4) is 0 Å². The fraction of sp³-hybridized carbons (Fsp3) is 0.923. The van der Waals surface area contributed by atoms with Gasteiger partial charge >= 0.3 is 0 Å². The molecule has 3 heteroatoms. The van der Waals surface area contributed by atoms with Crippen molar-refractivity contribution in [2.75, 3.05) is 27.2 Å². The normalized spacial score (nSPS) is 17.9. The van der Waals surface area contributed by atoms with Crippen molar-refractivity contribution in [3.05, 3.63) is 0 Å². The second kappa shape index (κ2) is 6.89. The summed E-state index contributed by atoms with van der Waals surface area (Å²) in [5, 5.41) is 3.09. The smallest absolute Gasteiger partial charge is 0.226 e. The zero-order valence-electron chi connectivity index (χ0n) is 11.0. The Bertz CT molecular complexity index is 214. The van der Waals surface area contributed by atoms with Crippen LogP contribution < -0.4 is 5.32 Å². The van der Waals surface area contributed by atoms with Gasteiger partial charge in [0, 0.05) is 20.1 Å². The van der Waals surface area contributed by atoms with Gasteiger partial charge in [0.1, 0.15) is 0 Å². The summed E-state index contributed by atoms with van der Waals surface area (Å²) in [6.07, 6.45) is 6.25. The van der Waals surface area contributed by atoms with Crippen molar-refractivity contribution < 1.29 is 4.79 Å². The molecular formula is C13H26N2O. The number of hydrogen-bond acceptors (Lipinski definition) is 2. The summed E-state index contributed by atoms with van der Waals surface area (Å²) in [5.74, 6) is 1.34. The van der Waals surface area contributed by atoms with E-state index in [9.17, 15) is 4.79 Å². The molecule has 1 N–H and O–H groups in total. The van der Waals surface area contributed by atoms with E-state index in [2.05, 4.69) is 12.2 Å². The molecule has 0 aromatic carbocycles.